The monoisotopic (exact) mass is 344 g/mol. The van der Waals surface area contributed by atoms with Gasteiger partial charge in [0, 0.05) is 6.04 Å². The van der Waals surface area contributed by atoms with Crippen LogP contribution in [-0.4, -0.2) is 23.2 Å². The van der Waals surface area contributed by atoms with Gasteiger partial charge in [-0.1, -0.05) is 31.4 Å². The molecule has 0 radical (unpaired) electrons. The molecule has 0 aliphatic heterocycles. The summed E-state index contributed by atoms with van der Waals surface area (Å²) in [6.45, 7) is 1.80. The predicted octanol–water partition coefficient (Wildman–Crippen LogP) is 2.94. The molecule has 1 aromatic carbocycles. The largest absolute Gasteiger partial charge is 0.299 e. The number of hydrogen-bond donors (Lipinski definition) is 0. The minimum absolute atomic E-state index is 0.0502. The van der Waals surface area contributed by atoms with Gasteiger partial charge in [0.05, 0.1) is 17.4 Å². The first-order valence-corrected chi connectivity index (χ1v) is 9.80. The highest BCUT2D eigenvalue weighted by Gasteiger charge is 2.28. The minimum Gasteiger partial charge on any atom is -0.299 e. The highest BCUT2D eigenvalue weighted by atomic mass is 32.2. The zero-order valence-corrected chi connectivity index (χ0v) is 14.5. The average Bonchev–Trinajstić information content (AvgIpc) is 2.98. The quantitative estimate of drug-likeness (QED) is 0.851. The van der Waals surface area contributed by atoms with Gasteiger partial charge in [-0.15, -0.1) is 10.2 Å². The normalized spacial score (nSPS) is 16.0. The summed E-state index contributed by atoms with van der Waals surface area (Å²) in [5.74, 6) is 0.471. The molecule has 1 heterocycles. The molecule has 126 valence electrons. The van der Waals surface area contributed by atoms with Crippen LogP contribution in [0.25, 0.3) is 0 Å². The molecule has 0 amide bonds. The summed E-state index contributed by atoms with van der Waals surface area (Å²) in [4.78, 5) is 0. The first-order valence-electron chi connectivity index (χ1n) is 8.14. The minimum atomic E-state index is -3.62. The summed E-state index contributed by atoms with van der Waals surface area (Å²) in [6.07, 6.45) is 5.33. The molecular weight excluding hydrogens is 324 g/mol. The van der Waals surface area contributed by atoms with Gasteiger partial charge in [-0.2, -0.15) is 5.26 Å². The lowest BCUT2D eigenvalue weighted by Gasteiger charge is -2.25. The van der Waals surface area contributed by atoms with Gasteiger partial charge in [0.1, 0.15) is 5.82 Å². The van der Waals surface area contributed by atoms with Crippen LogP contribution in [0.4, 0.5) is 0 Å². The van der Waals surface area contributed by atoms with E-state index in [4.69, 9.17) is 5.26 Å². The lowest BCUT2D eigenvalue weighted by Crippen LogP contribution is -2.20. The van der Waals surface area contributed by atoms with Crippen LogP contribution < -0.4 is 0 Å². The lowest BCUT2D eigenvalue weighted by atomic mass is 9.95. The number of hydrogen-bond acceptors (Lipinski definition) is 5. The molecule has 0 bridgehead atoms. The van der Waals surface area contributed by atoms with Gasteiger partial charge in [-0.05, 0) is 37.5 Å². The van der Waals surface area contributed by atoms with Crippen molar-refractivity contribution >= 4 is 9.84 Å². The molecule has 2 aromatic rings. The highest BCUT2D eigenvalue weighted by Crippen LogP contribution is 2.31. The van der Waals surface area contributed by atoms with E-state index < -0.39 is 9.84 Å². The maximum atomic E-state index is 12.9. The van der Waals surface area contributed by atoms with Crippen LogP contribution in [0.1, 0.15) is 55.1 Å². The zero-order valence-electron chi connectivity index (χ0n) is 13.6. The Morgan fingerprint density at radius 3 is 2.71 bits per heavy atom. The number of aromatic nitrogens is 3. The Hall–Kier alpha value is -2.20. The first kappa shape index (κ1) is 16.7. The molecule has 7 heteroatoms. The number of sulfone groups is 1. The number of nitriles is 1. The highest BCUT2D eigenvalue weighted by molar-refractivity contribution is 7.90. The third-order valence-electron chi connectivity index (χ3n) is 4.47. The van der Waals surface area contributed by atoms with E-state index in [0.717, 1.165) is 25.7 Å². The van der Waals surface area contributed by atoms with Crippen LogP contribution in [0.3, 0.4) is 0 Å². The molecule has 0 N–H and O–H groups in total. The second-order valence-corrected chi connectivity index (χ2v) is 8.15. The van der Waals surface area contributed by atoms with Crippen LogP contribution in [0, 0.1) is 18.3 Å². The molecule has 0 spiro atoms. The molecule has 1 aliphatic rings. The van der Waals surface area contributed by atoms with Gasteiger partial charge < -0.3 is 0 Å². The molecular formula is C17H20N4O2S. The van der Waals surface area contributed by atoms with Crippen LogP contribution in [0.15, 0.2) is 29.4 Å². The van der Waals surface area contributed by atoms with E-state index in [1.54, 1.807) is 35.8 Å². The Morgan fingerprint density at radius 1 is 1.25 bits per heavy atom. The summed E-state index contributed by atoms with van der Waals surface area (Å²) in [5, 5.41) is 17.0. The van der Waals surface area contributed by atoms with Crippen molar-refractivity contribution < 1.29 is 8.42 Å². The van der Waals surface area contributed by atoms with Crippen LogP contribution in [-0.2, 0) is 15.6 Å². The average molecular weight is 344 g/mol. The van der Waals surface area contributed by atoms with Gasteiger partial charge in [-0.25, -0.2) is 8.42 Å². The molecule has 1 aliphatic carbocycles. The van der Waals surface area contributed by atoms with Crippen molar-refractivity contribution in [1.82, 2.24) is 14.8 Å². The van der Waals surface area contributed by atoms with Crippen molar-refractivity contribution in [2.45, 2.75) is 56.0 Å². The van der Waals surface area contributed by atoms with Crippen LogP contribution in [0.2, 0.25) is 0 Å². The third kappa shape index (κ3) is 3.34. The van der Waals surface area contributed by atoms with Gasteiger partial charge in [-0.3, -0.25) is 4.57 Å². The summed E-state index contributed by atoms with van der Waals surface area (Å²) < 4.78 is 27.5. The third-order valence-corrected chi connectivity index (χ3v) is 6.01. The Balaban J connectivity index is 1.94. The van der Waals surface area contributed by atoms with Gasteiger partial charge in [0.2, 0.25) is 15.0 Å². The van der Waals surface area contributed by atoms with E-state index in [0.29, 0.717) is 17.0 Å². The molecule has 0 atom stereocenters. The maximum absolute atomic E-state index is 12.9. The van der Waals surface area contributed by atoms with E-state index in [2.05, 4.69) is 10.2 Å². The summed E-state index contributed by atoms with van der Waals surface area (Å²) >= 11 is 0. The fourth-order valence-corrected chi connectivity index (χ4v) is 4.83. The lowest BCUT2D eigenvalue weighted by molar-refractivity contribution is 0.329. The van der Waals surface area contributed by atoms with Crippen molar-refractivity contribution in [1.29, 1.82) is 5.26 Å². The molecule has 6 nitrogen and oxygen atoms in total. The molecule has 0 saturated heterocycles. The fraction of sp³-hybridized carbons (Fsp3) is 0.471. The second kappa shape index (κ2) is 6.73. The second-order valence-electron chi connectivity index (χ2n) is 6.26. The number of benzene rings is 1. The standard InChI is InChI=1S/C17H20N4O2S/c1-13-19-20-17(21(13)16-8-3-2-4-9-16)24(22,23)12-15-7-5-6-14(10-15)11-18/h5-7,10,16H,2-4,8-9,12H2,1H3. The van der Waals surface area contributed by atoms with E-state index in [1.165, 1.54) is 6.42 Å². The predicted molar refractivity (Wildman–Crippen MR) is 88.9 cm³/mol. The van der Waals surface area contributed by atoms with Gasteiger partial charge in [0.15, 0.2) is 0 Å². The number of rotatable bonds is 4. The smallest absolute Gasteiger partial charge is 0.250 e. The van der Waals surface area contributed by atoms with E-state index >= 15 is 0 Å². The fourth-order valence-electron chi connectivity index (χ4n) is 3.34. The molecule has 0 unspecified atom stereocenters. The Labute approximate surface area is 142 Å². The summed E-state index contributed by atoms with van der Waals surface area (Å²) in [7, 11) is -3.62. The van der Waals surface area contributed by atoms with Crippen molar-refractivity contribution in [2.24, 2.45) is 0 Å². The van der Waals surface area contributed by atoms with Crippen molar-refractivity contribution in [2.75, 3.05) is 0 Å². The Kier molecular flexibility index (Phi) is 4.67. The molecule has 3 rings (SSSR count). The van der Waals surface area contributed by atoms with Crippen molar-refractivity contribution in [3.8, 4) is 6.07 Å². The van der Waals surface area contributed by atoms with E-state index in [9.17, 15) is 8.42 Å². The molecule has 24 heavy (non-hydrogen) atoms. The molecule has 1 fully saturated rings. The van der Waals surface area contributed by atoms with Crippen molar-refractivity contribution in [3.63, 3.8) is 0 Å². The Bertz CT molecular complexity index is 874. The van der Waals surface area contributed by atoms with Crippen molar-refractivity contribution in [3.05, 3.63) is 41.2 Å². The van der Waals surface area contributed by atoms with E-state index in [-0.39, 0.29) is 17.0 Å². The number of aryl methyl sites for hydroxylation is 1. The Morgan fingerprint density at radius 2 is 2.00 bits per heavy atom. The van der Waals surface area contributed by atoms with Crippen LogP contribution in [0.5, 0.6) is 0 Å². The SMILES string of the molecule is Cc1nnc(S(=O)(=O)Cc2cccc(C#N)c2)n1C1CCCCC1. The number of nitrogens with zero attached hydrogens (tertiary/aromatic N) is 4. The van der Waals surface area contributed by atoms with Gasteiger partial charge in [0.25, 0.3) is 0 Å². The van der Waals surface area contributed by atoms with Crippen LogP contribution >= 0.6 is 0 Å². The molecule has 1 aromatic heterocycles. The topological polar surface area (TPSA) is 88.6 Å². The zero-order chi connectivity index (χ0) is 17.2. The molecule has 1 saturated carbocycles. The van der Waals surface area contributed by atoms with E-state index in [1.807, 2.05) is 6.07 Å². The summed E-state index contributed by atoms with van der Waals surface area (Å²) in [6, 6.07) is 8.86. The first-order chi connectivity index (χ1) is 11.5. The summed E-state index contributed by atoms with van der Waals surface area (Å²) in [5.41, 5.74) is 1.04. The van der Waals surface area contributed by atoms with Gasteiger partial charge >= 0.3 is 0 Å². The maximum Gasteiger partial charge on any atom is 0.250 e.